The summed E-state index contributed by atoms with van der Waals surface area (Å²) in [4.78, 5) is 16.8. The molecular formula is C11H14IN2NaO5S. The van der Waals surface area contributed by atoms with Crippen LogP contribution in [0.4, 0.5) is 5.82 Å². The number of methoxy groups -OCH3 is 1. The SMILES string of the molecule is COC(CI)C(=O)Nc1cc(C)c(SOO[O-])c(C)n1.[Na+]. The van der Waals surface area contributed by atoms with Crippen molar-refractivity contribution < 1.29 is 53.7 Å². The Labute approximate surface area is 163 Å². The first kappa shape index (κ1) is 21.5. The van der Waals surface area contributed by atoms with Gasteiger partial charge in [0.05, 0.1) is 22.6 Å². The number of carbonyl (C=O) groups is 1. The second-order valence-corrected chi connectivity index (χ2v) is 5.42. The zero-order valence-corrected chi connectivity index (χ0v) is 17.1. The molecule has 1 unspecified atom stereocenters. The minimum absolute atomic E-state index is 0. The van der Waals surface area contributed by atoms with Crippen molar-refractivity contribution in [3.8, 4) is 0 Å². The van der Waals surface area contributed by atoms with Crippen molar-refractivity contribution in [2.75, 3.05) is 16.9 Å². The van der Waals surface area contributed by atoms with Crippen molar-refractivity contribution in [1.82, 2.24) is 4.98 Å². The molecule has 0 saturated heterocycles. The number of halogens is 1. The third-order valence-corrected chi connectivity index (χ3v) is 4.15. The van der Waals surface area contributed by atoms with Gasteiger partial charge in [-0.05, 0) is 25.5 Å². The summed E-state index contributed by atoms with van der Waals surface area (Å²) in [5.74, 6) is 0.164. The van der Waals surface area contributed by atoms with Crippen LogP contribution in [0.3, 0.4) is 0 Å². The van der Waals surface area contributed by atoms with E-state index in [0.29, 0.717) is 20.8 Å². The number of alkyl halides is 1. The molecule has 0 aliphatic carbocycles. The van der Waals surface area contributed by atoms with Gasteiger partial charge < -0.3 is 15.3 Å². The topological polar surface area (TPSA) is 92.7 Å². The number of pyridine rings is 1. The van der Waals surface area contributed by atoms with E-state index in [1.165, 1.54) is 7.11 Å². The molecule has 0 bridgehead atoms. The smallest absolute Gasteiger partial charge is 0.691 e. The number of nitrogens with one attached hydrogen (secondary N) is 1. The molecule has 0 aliphatic heterocycles. The number of rotatable bonds is 7. The summed E-state index contributed by atoms with van der Waals surface area (Å²) in [5.41, 5.74) is 1.42. The quantitative estimate of drug-likeness (QED) is 0.136. The van der Waals surface area contributed by atoms with Crippen molar-refractivity contribution in [2.24, 2.45) is 0 Å². The van der Waals surface area contributed by atoms with E-state index in [-0.39, 0.29) is 35.5 Å². The second-order valence-electron chi connectivity index (χ2n) is 3.83. The molecule has 1 atom stereocenters. The molecule has 0 aliphatic rings. The third kappa shape index (κ3) is 6.67. The van der Waals surface area contributed by atoms with E-state index in [1.807, 2.05) is 6.92 Å². The van der Waals surface area contributed by atoms with Crippen LogP contribution in [0.15, 0.2) is 11.0 Å². The van der Waals surface area contributed by atoms with E-state index < -0.39 is 6.10 Å². The fourth-order valence-corrected chi connectivity index (χ4v) is 2.72. The predicted octanol–water partition coefficient (Wildman–Crippen LogP) is -1.68. The van der Waals surface area contributed by atoms with Crippen LogP contribution in [0.5, 0.6) is 0 Å². The number of ether oxygens (including phenoxy) is 1. The number of nitrogens with zero attached hydrogens (tertiary/aromatic N) is 1. The van der Waals surface area contributed by atoms with Gasteiger partial charge in [0.25, 0.3) is 5.91 Å². The average Bonchev–Trinajstić information content (AvgIpc) is 2.39. The molecule has 1 aromatic heterocycles. The molecule has 1 N–H and O–H groups in total. The van der Waals surface area contributed by atoms with Crippen LogP contribution in [0.2, 0.25) is 0 Å². The number of amides is 1. The Hall–Kier alpha value is 0.540. The van der Waals surface area contributed by atoms with E-state index >= 15 is 0 Å². The van der Waals surface area contributed by atoms with Crippen LogP contribution in [0, 0.1) is 13.8 Å². The van der Waals surface area contributed by atoms with Crippen molar-refractivity contribution in [1.29, 1.82) is 0 Å². The largest absolute Gasteiger partial charge is 1.00 e. The molecule has 0 fully saturated rings. The maximum atomic E-state index is 11.9. The Balaban J connectivity index is 0.00000400. The summed E-state index contributed by atoms with van der Waals surface area (Å²) in [6.07, 6.45) is -0.524. The molecule has 0 spiro atoms. The van der Waals surface area contributed by atoms with Gasteiger partial charge in [-0.15, -0.1) is 0 Å². The van der Waals surface area contributed by atoms with Gasteiger partial charge in [0.1, 0.15) is 11.9 Å². The molecule has 0 saturated carbocycles. The molecule has 7 nitrogen and oxygen atoms in total. The number of aromatic nitrogens is 1. The van der Waals surface area contributed by atoms with Gasteiger partial charge in [-0.2, -0.15) is 4.33 Å². The fourth-order valence-electron chi connectivity index (χ4n) is 1.50. The van der Waals surface area contributed by atoms with Crippen LogP contribution in [-0.2, 0) is 18.9 Å². The summed E-state index contributed by atoms with van der Waals surface area (Å²) >= 11 is 2.85. The normalized spacial score (nSPS) is 11.7. The summed E-state index contributed by atoms with van der Waals surface area (Å²) in [6.45, 7) is 3.55. The Kier molecular flexibility index (Phi) is 11.4. The molecule has 112 valence electrons. The van der Waals surface area contributed by atoms with Crippen molar-refractivity contribution in [3.63, 3.8) is 0 Å². The Morgan fingerprint density at radius 2 is 2.24 bits per heavy atom. The van der Waals surface area contributed by atoms with Crippen LogP contribution < -0.4 is 40.1 Å². The second kappa shape index (κ2) is 11.1. The van der Waals surface area contributed by atoms with Crippen LogP contribution in [0.25, 0.3) is 0 Å². The maximum absolute atomic E-state index is 11.9. The van der Waals surface area contributed by atoms with Gasteiger partial charge in [0.2, 0.25) is 0 Å². The third-order valence-electron chi connectivity index (χ3n) is 2.44. The van der Waals surface area contributed by atoms with Gasteiger partial charge >= 0.3 is 29.6 Å². The molecule has 10 heteroatoms. The Bertz CT molecular complexity index is 453. The molecule has 1 rings (SSSR count). The zero-order chi connectivity index (χ0) is 15.1. The van der Waals surface area contributed by atoms with Gasteiger partial charge in [-0.1, -0.05) is 22.6 Å². The zero-order valence-electron chi connectivity index (χ0n) is 12.1. The van der Waals surface area contributed by atoms with E-state index in [2.05, 4.69) is 42.3 Å². The number of carbonyl (C=O) groups excluding carboxylic acids is 1. The first-order valence-electron chi connectivity index (χ1n) is 5.54. The molecule has 1 aromatic rings. The first-order chi connectivity index (χ1) is 9.53. The minimum atomic E-state index is -0.524. The summed E-state index contributed by atoms with van der Waals surface area (Å²) in [5, 5.41) is 15.8. The standard InChI is InChI=1S/C11H15IN2O5S.Na/c1-6-4-9(14-11(15)8(5-12)17-3)13-7(2)10(6)20-19-18-16;/h4,8,16H,5H2,1-3H3,(H,13,14,15);/q;+1/p-1. The maximum Gasteiger partial charge on any atom is 1.00 e. The summed E-state index contributed by atoms with van der Waals surface area (Å²) in [7, 11) is 1.48. The van der Waals surface area contributed by atoms with Crippen LogP contribution >= 0.6 is 34.6 Å². The molecule has 0 radical (unpaired) electrons. The number of hydrogen-bond donors (Lipinski definition) is 1. The Morgan fingerprint density at radius 3 is 2.71 bits per heavy atom. The monoisotopic (exact) mass is 436 g/mol. The van der Waals surface area contributed by atoms with E-state index in [1.54, 1.807) is 13.0 Å². The van der Waals surface area contributed by atoms with E-state index in [0.717, 1.165) is 17.6 Å². The molecular weight excluding hydrogens is 422 g/mol. The van der Waals surface area contributed by atoms with Crippen molar-refractivity contribution in [2.45, 2.75) is 24.8 Å². The fraction of sp³-hybridized carbons (Fsp3) is 0.455. The van der Waals surface area contributed by atoms with E-state index in [9.17, 15) is 10.1 Å². The van der Waals surface area contributed by atoms with Crippen LogP contribution in [-0.4, -0.2) is 28.5 Å². The van der Waals surface area contributed by atoms with Gasteiger partial charge in [-0.3, -0.25) is 9.83 Å². The number of anilines is 1. The first-order valence-corrected chi connectivity index (χ1v) is 7.81. The number of aryl methyl sites for hydroxylation is 2. The van der Waals surface area contributed by atoms with Crippen LogP contribution in [0.1, 0.15) is 11.3 Å². The predicted molar refractivity (Wildman–Crippen MR) is 80.1 cm³/mol. The molecule has 1 heterocycles. The average molecular weight is 436 g/mol. The number of hydrogen-bond acceptors (Lipinski definition) is 7. The van der Waals surface area contributed by atoms with Crippen molar-refractivity contribution in [3.05, 3.63) is 17.3 Å². The van der Waals surface area contributed by atoms with Gasteiger partial charge in [0, 0.05) is 11.5 Å². The minimum Gasteiger partial charge on any atom is -0.691 e. The summed E-state index contributed by atoms with van der Waals surface area (Å²) < 4.78 is 9.88. The van der Waals surface area contributed by atoms with Crippen molar-refractivity contribution >= 4 is 46.4 Å². The van der Waals surface area contributed by atoms with Gasteiger partial charge in [0.15, 0.2) is 0 Å². The molecule has 21 heavy (non-hydrogen) atoms. The summed E-state index contributed by atoms with van der Waals surface area (Å²) in [6, 6.07) is 1.68. The molecule has 0 aromatic carbocycles. The Morgan fingerprint density at radius 1 is 1.57 bits per heavy atom. The molecule has 1 amide bonds. The van der Waals surface area contributed by atoms with Gasteiger partial charge in [-0.25, -0.2) is 4.98 Å². The van der Waals surface area contributed by atoms with E-state index in [4.69, 9.17) is 4.74 Å².